The van der Waals surface area contributed by atoms with E-state index in [1.54, 1.807) is 0 Å². The third kappa shape index (κ3) is 13.5. The maximum absolute atomic E-state index is 2.33. The van der Waals surface area contributed by atoms with Crippen LogP contribution in [0, 0.1) is 0 Å². The molecule has 0 aromatic heterocycles. The number of nitrogens with zero attached hydrogens (tertiary/aromatic N) is 1. The Kier molecular flexibility index (Phi) is 24.8. The van der Waals surface area contributed by atoms with Gasteiger partial charge in [0.15, 0.2) is 0 Å². The summed E-state index contributed by atoms with van der Waals surface area (Å²) in [5, 5.41) is 0. The minimum atomic E-state index is 0. The average Bonchev–Trinajstić information content (AvgIpc) is 2.37. The number of hydrogen-bond acceptors (Lipinski definition) is 0. The van der Waals surface area contributed by atoms with Crippen molar-refractivity contribution in [2.24, 2.45) is 0 Å². The normalized spacial score (nSPS) is 10.7. The molecule has 0 aromatic rings. The molecular formula is C16H37BrKN. The van der Waals surface area contributed by atoms with E-state index in [1.807, 2.05) is 0 Å². The van der Waals surface area contributed by atoms with Crippen LogP contribution in [0.3, 0.4) is 0 Å². The fourth-order valence-electron chi connectivity index (χ4n) is 2.64. The second kappa shape index (κ2) is 18.1. The van der Waals surface area contributed by atoms with E-state index in [9.17, 15) is 0 Å². The molecule has 0 rings (SSSR count). The van der Waals surface area contributed by atoms with Crippen LogP contribution in [0.4, 0.5) is 0 Å². The molecule has 114 valence electrons. The standard InChI is InChI=1S/C16H36N.BrH.K.H/c1-5-9-13-17(14-10-6-2,15-11-7-3)16-12-8-4;;;/h5-16H2,1-4H3;1H;;/q+1;;+1;-1/p-1. The summed E-state index contributed by atoms with van der Waals surface area (Å²) >= 11 is 0. The minimum absolute atomic E-state index is 0. The molecule has 0 heterocycles. The van der Waals surface area contributed by atoms with E-state index in [0.717, 1.165) is 0 Å². The van der Waals surface area contributed by atoms with Gasteiger partial charge in [-0.25, -0.2) is 0 Å². The van der Waals surface area contributed by atoms with Crippen LogP contribution >= 0.6 is 0 Å². The Labute approximate surface area is 177 Å². The first-order chi connectivity index (χ1) is 8.24. The van der Waals surface area contributed by atoms with Gasteiger partial charge in [0.25, 0.3) is 0 Å². The molecule has 3 heteroatoms. The molecular weight excluding hydrogens is 325 g/mol. The summed E-state index contributed by atoms with van der Waals surface area (Å²) in [5.74, 6) is 0. The summed E-state index contributed by atoms with van der Waals surface area (Å²) in [6, 6.07) is 0. The molecule has 0 aliphatic rings. The molecule has 0 spiro atoms. The van der Waals surface area contributed by atoms with Crippen molar-refractivity contribution in [3.63, 3.8) is 0 Å². The monoisotopic (exact) mass is 361 g/mol. The van der Waals surface area contributed by atoms with Crippen molar-refractivity contribution in [2.45, 2.75) is 79.1 Å². The van der Waals surface area contributed by atoms with Crippen LogP contribution in [-0.4, -0.2) is 30.7 Å². The van der Waals surface area contributed by atoms with Crippen LogP contribution < -0.4 is 68.4 Å². The van der Waals surface area contributed by atoms with Crippen LogP contribution in [0.15, 0.2) is 0 Å². The average molecular weight is 362 g/mol. The van der Waals surface area contributed by atoms with Gasteiger partial charge in [-0.05, 0) is 25.7 Å². The molecule has 0 bridgehead atoms. The predicted molar refractivity (Wildman–Crippen MR) is 80.5 cm³/mol. The summed E-state index contributed by atoms with van der Waals surface area (Å²) in [6.07, 6.45) is 11.1. The third-order valence-corrected chi connectivity index (χ3v) is 3.94. The molecule has 0 N–H and O–H groups in total. The van der Waals surface area contributed by atoms with Crippen LogP contribution in [0.2, 0.25) is 0 Å². The second-order valence-electron chi connectivity index (χ2n) is 5.65. The van der Waals surface area contributed by atoms with Crippen molar-refractivity contribution in [3.8, 4) is 0 Å². The Morgan fingerprint density at radius 3 is 0.947 bits per heavy atom. The molecule has 0 atom stereocenters. The molecule has 0 amide bonds. The SMILES string of the molecule is CCCC[N+](CCCC)(CCCC)CCCC.[Br-].[H-].[K+]. The van der Waals surface area contributed by atoms with E-state index in [-0.39, 0.29) is 69.8 Å². The fraction of sp³-hybridized carbons (Fsp3) is 1.00. The molecule has 1 nitrogen and oxygen atoms in total. The van der Waals surface area contributed by atoms with Crippen LogP contribution in [-0.2, 0) is 0 Å². The third-order valence-electron chi connectivity index (χ3n) is 3.94. The van der Waals surface area contributed by atoms with Crippen molar-refractivity contribution in [1.29, 1.82) is 0 Å². The Morgan fingerprint density at radius 1 is 0.579 bits per heavy atom. The Hall–Kier alpha value is 2.08. The van der Waals surface area contributed by atoms with Gasteiger partial charge in [-0.3, -0.25) is 0 Å². The number of hydrogen-bond donors (Lipinski definition) is 0. The summed E-state index contributed by atoms with van der Waals surface area (Å²) in [5.41, 5.74) is 0. The van der Waals surface area contributed by atoms with E-state index >= 15 is 0 Å². The van der Waals surface area contributed by atoms with E-state index < -0.39 is 0 Å². The number of unbranched alkanes of at least 4 members (excludes halogenated alkanes) is 4. The van der Waals surface area contributed by atoms with Crippen molar-refractivity contribution < 1.29 is 74.3 Å². The minimum Gasteiger partial charge on any atom is -1.00 e. The molecule has 0 fully saturated rings. The largest absolute Gasteiger partial charge is 1.00 e. The number of halogens is 1. The summed E-state index contributed by atoms with van der Waals surface area (Å²) < 4.78 is 1.42. The Morgan fingerprint density at radius 2 is 0.789 bits per heavy atom. The van der Waals surface area contributed by atoms with Crippen LogP contribution in [0.5, 0.6) is 0 Å². The van der Waals surface area contributed by atoms with Gasteiger partial charge in [0.05, 0.1) is 26.2 Å². The molecule has 0 radical (unpaired) electrons. The molecule has 0 aliphatic heterocycles. The molecule has 19 heavy (non-hydrogen) atoms. The zero-order chi connectivity index (χ0) is 13.0. The topological polar surface area (TPSA) is 0 Å². The molecule has 0 saturated heterocycles. The van der Waals surface area contributed by atoms with Gasteiger partial charge in [-0.1, -0.05) is 53.4 Å². The van der Waals surface area contributed by atoms with Gasteiger partial charge in [0, 0.05) is 0 Å². The summed E-state index contributed by atoms with van der Waals surface area (Å²) in [6.45, 7) is 15.0. The van der Waals surface area contributed by atoms with Crippen molar-refractivity contribution >= 4 is 0 Å². The smallest absolute Gasteiger partial charge is 1.00 e. The van der Waals surface area contributed by atoms with Crippen molar-refractivity contribution in [1.82, 2.24) is 0 Å². The van der Waals surface area contributed by atoms with Gasteiger partial charge in [0.1, 0.15) is 0 Å². The van der Waals surface area contributed by atoms with Crippen LogP contribution in [0.25, 0.3) is 0 Å². The van der Waals surface area contributed by atoms with Gasteiger partial charge in [0.2, 0.25) is 0 Å². The van der Waals surface area contributed by atoms with E-state index in [1.165, 1.54) is 82.0 Å². The number of quaternary nitrogens is 1. The fourth-order valence-corrected chi connectivity index (χ4v) is 2.64. The van der Waals surface area contributed by atoms with Gasteiger partial charge in [-0.2, -0.15) is 0 Å². The molecule has 0 unspecified atom stereocenters. The molecule has 0 aromatic carbocycles. The van der Waals surface area contributed by atoms with E-state index in [4.69, 9.17) is 0 Å². The van der Waals surface area contributed by atoms with Gasteiger partial charge >= 0.3 is 51.4 Å². The molecule has 0 aliphatic carbocycles. The second-order valence-corrected chi connectivity index (χ2v) is 5.65. The zero-order valence-corrected chi connectivity index (χ0v) is 19.0. The van der Waals surface area contributed by atoms with Gasteiger partial charge in [-0.15, -0.1) is 0 Å². The Balaban J connectivity index is -0.000000427. The molecule has 0 saturated carbocycles. The van der Waals surface area contributed by atoms with Gasteiger partial charge < -0.3 is 22.9 Å². The van der Waals surface area contributed by atoms with E-state index in [0.29, 0.717) is 0 Å². The maximum atomic E-state index is 2.33. The predicted octanol–water partition coefficient (Wildman–Crippen LogP) is -0.876. The quantitative estimate of drug-likeness (QED) is 0.313. The van der Waals surface area contributed by atoms with Crippen molar-refractivity contribution in [3.05, 3.63) is 0 Å². The number of rotatable bonds is 12. The van der Waals surface area contributed by atoms with E-state index in [2.05, 4.69) is 27.7 Å². The van der Waals surface area contributed by atoms with Crippen LogP contribution in [0.1, 0.15) is 80.5 Å². The summed E-state index contributed by atoms with van der Waals surface area (Å²) in [7, 11) is 0. The first-order valence-corrected chi connectivity index (χ1v) is 8.09. The first-order valence-electron chi connectivity index (χ1n) is 8.09. The van der Waals surface area contributed by atoms with Crippen molar-refractivity contribution in [2.75, 3.05) is 26.2 Å². The maximum Gasteiger partial charge on any atom is 1.00 e. The summed E-state index contributed by atoms with van der Waals surface area (Å²) in [4.78, 5) is 0. The Bertz CT molecular complexity index is 133. The zero-order valence-electron chi connectivity index (χ0n) is 15.3. The first kappa shape index (κ1) is 26.0.